The Hall–Kier alpha value is -1.51. The second-order valence-corrected chi connectivity index (χ2v) is 6.90. The number of benzene rings is 1. The van der Waals surface area contributed by atoms with Crippen LogP contribution >= 0.6 is 0 Å². The molecule has 0 aliphatic heterocycles. The molecule has 0 heterocycles. The van der Waals surface area contributed by atoms with Gasteiger partial charge < -0.3 is 11.1 Å². The Morgan fingerprint density at radius 1 is 1.33 bits per heavy atom. The first-order chi connectivity index (χ1) is 9.94. The fourth-order valence-electron chi connectivity index (χ4n) is 3.61. The third kappa shape index (κ3) is 3.58. The van der Waals surface area contributed by atoms with Crippen LogP contribution in [0.4, 0.5) is 5.69 Å². The zero-order valence-corrected chi connectivity index (χ0v) is 13.5. The van der Waals surface area contributed by atoms with Gasteiger partial charge in [-0.15, -0.1) is 0 Å². The van der Waals surface area contributed by atoms with Gasteiger partial charge in [0.2, 0.25) is 5.91 Å². The van der Waals surface area contributed by atoms with E-state index in [0.717, 1.165) is 36.1 Å². The van der Waals surface area contributed by atoms with Crippen molar-refractivity contribution in [1.29, 1.82) is 0 Å². The molecule has 1 aliphatic carbocycles. The normalized spacial score (nSPS) is 17.1. The van der Waals surface area contributed by atoms with Crippen LogP contribution < -0.4 is 11.1 Å². The summed E-state index contributed by atoms with van der Waals surface area (Å²) < 4.78 is 0. The summed E-state index contributed by atoms with van der Waals surface area (Å²) in [5.74, 6) is 0.790. The lowest BCUT2D eigenvalue weighted by Gasteiger charge is -2.29. The molecule has 0 spiro atoms. The van der Waals surface area contributed by atoms with Gasteiger partial charge in [-0.05, 0) is 49.3 Å². The summed E-state index contributed by atoms with van der Waals surface area (Å²) in [5.41, 5.74) is 8.77. The van der Waals surface area contributed by atoms with Gasteiger partial charge in [-0.3, -0.25) is 4.79 Å². The lowest BCUT2D eigenvalue weighted by Crippen LogP contribution is -2.39. The number of nitrogen functional groups attached to an aromatic ring is 1. The maximum Gasteiger partial charge on any atom is 0.226 e. The molecule has 0 radical (unpaired) electrons. The molecule has 0 atom stereocenters. The van der Waals surface area contributed by atoms with Crippen LogP contribution in [0.15, 0.2) is 18.2 Å². The number of hydrogen-bond donors (Lipinski definition) is 2. The molecule has 1 fully saturated rings. The summed E-state index contributed by atoms with van der Waals surface area (Å²) in [6.45, 7) is 7.00. The summed E-state index contributed by atoms with van der Waals surface area (Å²) in [5, 5.41) is 3.16. The zero-order chi connectivity index (χ0) is 15.5. The largest absolute Gasteiger partial charge is 0.399 e. The standard InChI is InChI=1S/C18H28N2O/c1-13(2)11-18(9-4-5-10-18)17(21)20-12-15-7-6-8-16(19)14(15)3/h6-8,13H,4-5,9-12,19H2,1-3H3,(H,20,21). The van der Waals surface area contributed by atoms with E-state index >= 15 is 0 Å². The Kier molecular flexibility index (Phi) is 4.92. The molecule has 0 aromatic heterocycles. The Morgan fingerprint density at radius 2 is 2.00 bits per heavy atom. The van der Waals surface area contributed by atoms with Crippen molar-refractivity contribution in [1.82, 2.24) is 5.32 Å². The summed E-state index contributed by atoms with van der Waals surface area (Å²) in [6.07, 6.45) is 5.42. The van der Waals surface area contributed by atoms with E-state index in [1.807, 2.05) is 25.1 Å². The second-order valence-electron chi connectivity index (χ2n) is 6.90. The number of rotatable bonds is 5. The Bertz CT molecular complexity index is 502. The molecule has 1 aromatic rings. The molecule has 0 bridgehead atoms. The van der Waals surface area contributed by atoms with Gasteiger partial charge >= 0.3 is 0 Å². The van der Waals surface area contributed by atoms with Gasteiger partial charge in [0.25, 0.3) is 0 Å². The fraction of sp³-hybridized carbons (Fsp3) is 0.611. The minimum Gasteiger partial charge on any atom is -0.399 e. The minimum absolute atomic E-state index is 0.137. The van der Waals surface area contributed by atoms with Crippen LogP contribution in [-0.4, -0.2) is 5.91 Å². The highest BCUT2D eigenvalue weighted by molar-refractivity contribution is 5.83. The number of carbonyl (C=O) groups is 1. The topological polar surface area (TPSA) is 55.1 Å². The van der Waals surface area contributed by atoms with Crippen LogP contribution in [0.2, 0.25) is 0 Å². The quantitative estimate of drug-likeness (QED) is 0.810. The van der Waals surface area contributed by atoms with Crippen LogP contribution in [0.1, 0.15) is 57.1 Å². The Balaban J connectivity index is 2.04. The van der Waals surface area contributed by atoms with E-state index < -0.39 is 0 Å². The van der Waals surface area contributed by atoms with E-state index in [1.54, 1.807) is 0 Å². The number of nitrogens with two attached hydrogens (primary N) is 1. The maximum atomic E-state index is 12.7. The molecule has 1 aromatic carbocycles. The molecule has 3 heteroatoms. The molecule has 21 heavy (non-hydrogen) atoms. The van der Waals surface area contributed by atoms with Crippen molar-refractivity contribution >= 4 is 11.6 Å². The first-order valence-corrected chi connectivity index (χ1v) is 8.07. The average Bonchev–Trinajstić information content (AvgIpc) is 2.89. The lowest BCUT2D eigenvalue weighted by atomic mass is 9.77. The number of anilines is 1. The van der Waals surface area contributed by atoms with E-state index in [-0.39, 0.29) is 11.3 Å². The molecular weight excluding hydrogens is 260 g/mol. The highest BCUT2D eigenvalue weighted by atomic mass is 16.2. The van der Waals surface area contributed by atoms with Crippen LogP contribution in [0.3, 0.4) is 0 Å². The van der Waals surface area contributed by atoms with Crippen molar-refractivity contribution in [3.63, 3.8) is 0 Å². The highest BCUT2D eigenvalue weighted by Gasteiger charge is 2.41. The summed E-state index contributed by atoms with van der Waals surface area (Å²) >= 11 is 0. The first-order valence-electron chi connectivity index (χ1n) is 8.07. The Labute approximate surface area is 128 Å². The number of carbonyl (C=O) groups excluding carboxylic acids is 1. The molecule has 1 amide bonds. The summed E-state index contributed by atoms with van der Waals surface area (Å²) in [7, 11) is 0. The van der Waals surface area contributed by atoms with Gasteiger partial charge in [0.05, 0.1) is 0 Å². The lowest BCUT2D eigenvalue weighted by molar-refractivity contribution is -0.132. The molecule has 3 N–H and O–H groups in total. The second kappa shape index (κ2) is 6.50. The van der Waals surface area contributed by atoms with Crippen molar-refractivity contribution in [3.8, 4) is 0 Å². The Morgan fingerprint density at radius 3 is 2.62 bits per heavy atom. The van der Waals surface area contributed by atoms with E-state index in [4.69, 9.17) is 5.73 Å². The monoisotopic (exact) mass is 288 g/mol. The maximum absolute atomic E-state index is 12.7. The molecule has 0 unspecified atom stereocenters. The molecule has 2 rings (SSSR count). The van der Waals surface area contributed by atoms with Crippen LogP contribution in [0.25, 0.3) is 0 Å². The summed E-state index contributed by atoms with van der Waals surface area (Å²) in [6, 6.07) is 5.89. The molecule has 116 valence electrons. The molecule has 3 nitrogen and oxygen atoms in total. The van der Waals surface area contributed by atoms with Gasteiger partial charge in [-0.25, -0.2) is 0 Å². The van der Waals surface area contributed by atoms with Crippen LogP contribution in [0.5, 0.6) is 0 Å². The highest BCUT2D eigenvalue weighted by Crippen LogP contribution is 2.43. The third-order valence-corrected chi connectivity index (χ3v) is 4.77. The van der Waals surface area contributed by atoms with Crippen molar-refractivity contribution in [3.05, 3.63) is 29.3 Å². The van der Waals surface area contributed by atoms with E-state index in [1.165, 1.54) is 12.8 Å². The predicted molar refractivity (Wildman–Crippen MR) is 87.8 cm³/mol. The smallest absolute Gasteiger partial charge is 0.226 e. The molecule has 1 aliphatic rings. The molecule has 0 saturated heterocycles. The number of hydrogen-bond acceptors (Lipinski definition) is 2. The van der Waals surface area contributed by atoms with E-state index in [2.05, 4.69) is 19.2 Å². The van der Waals surface area contributed by atoms with Crippen LogP contribution in [-0.2, 0) is 11.3 Å². The number of nitrogens with one attached hydrogen (secondary N) is 1. The number of amides is 1. The van der Waals surface area contributed by atoms with Gasteiger partial charge in [-0.2, -0.15) is 0 Å². The van der Waals surface area contributed by atoms with Gasteiger partial charge in [0, 0.05) is 17.6 Å². The molecular formula is C18H28N2O. The zero-order valence-electron chi connectivity index (χ0n) is 13.5. The SMILES string of the molecule is Cc1c(N)cccc1CNC(=O)C1(CC(C)C)CCCC1. The first kappa shape index (κ1) is 15.9. The third-order valence-electron chi connectivity index (χ3n) is 4.77. The van der Waals surface area contributed by atoms with E-state index in [0.29, 0.717) is 12.5 Å². The van der Waals surface area contributed by atoms with Gasteiger partial charge in [0.1, 0.15) is 0 Å². The fourth-order valence-corrected chi connectivity index (χ4v) is 3.61. The predicted octanol–water partition coefficient (Wildman–Crippen LogP) is 3.80. The van der Waals surface area contributed by atoms with Crippen molar-refractivity contribution in [2.75, 3.05) is 5.73 Å². The van der Waals surface area contributed by atoms with Crippen molar-refractivity contribution < 1.29 is 4.79 Å². The van der Waals surface area contributed by atoms with Gasteiger partial charge in [-0.1, -0.05) is 38.8 Å². The molecule has 1 saturated carbocycles. The van der Waals surface area contributed by atoms with E-state index in [9.17, 15) is 4.79 Å². The van der Waals surface area contributed by atoms with Crippen LogP contribution in [0, 0.1) is 18.3 Å². The van der Waals surface area contributed by atoms with Crippen molar-refractivity contribution in [2.45, 2.75) is 59.4 Å². The minimum atomic E-state index is -0.137. The summed E-state index contributed by atoms with van der Waals surface area (Å²) in [4.78, 5) is 12.7. The van der Waals surface area contributed by atoms with Gasteiger partial charge in [0.15, 0.2) is 0 Å². The average molecular weight is 288 g/mol. The van der Waals surface area contributed by atoms with Crippen molar-refractivity contribution in [2.24, 2.45) is 11.3 Å².